The van der Waals surface area contributed by atoms with Gasteiger partial charge in [0.05, 0.1) is 6.42 Å². The molecule has 24 heavy (non-hydrogen) atoms. The fourth-order valence-corrected chi connectivity index (χ4v) is 4.59. The van der Waals surface area contributed by atoms with Crippen molar-refractivity contribution in [2.24, 2.45) is 11.8 Å². The molecule has 2 saturated carbocycles. The van der Waals surface area contributed by atoms with Crippen LogP contribution >= 0.6 is 0 Å². The third-order valence-electron chi connectivity index (χ3n) is 5.77. The number of aryl methyl sites for hydroxylation is 1. The van der Waals surface area contributed by atoms with Crippen LogP contribution in [-0.2, 0) is 11.2 Å². The number of carbonyl (C=O) groups is 1. The number of aromatic nitrogens is 2. The van der Waals surface area contributed by atoms with Gasteiger partial charge in [-0.15, -0.1) is 0 Å². The zero-order valence-corrected chi connectivity index (χ0v) is 13.9. The summed E-state index contributed by atoms with van der Waals surface area (Å²) in [5, 5.41) is 10.8. The van der Waals surface area contributed by atoms with Gasteiger partial charge in [-0.2, -0.15) is 0 Å². The van der Waals surface area contributed by atoms with Gasteiger partial charge in [0.15, 0.2) is 0 Å². The molecular weight excluding hydrogens is 302 g/mol. The molecule has 1 aromatic carbocycles. The molecule has 0 radical (unpaired) electrons. The van der Waals surface area contributed by atoms with Crippen LogP contribution in [0.25, 0.3) is 0 Å². The molecular formula is C19H23N3O2. The molecule has 0 spiro atoms. The highest BCUT2D eigenvalue weighted by molar-refractivity contribution is 5.79. The molecule has 0 saturated heterocycles. The first kappa shape index (κ1) is 15.4. The van der Waals surface area contributed by atoms with Crippen LogP contribution in [0.3, 0.4) is 0 Å². The highest BCUT2D eigenvalue weighted by Gasteiger charge is 2.51. The molecule has 0 unspecified atom stereocenters. The number of hydrogen-bond donors (Lipinski definition) is 1. The summed E-state index contributed by atoms with van der Waals surface area (Å²) < 4.78 is 4.69. The first-order valence-electron chi connectivity index (χ1n) is 8.86. The largest absolute Gasteiger partial charge is 0.352 e. The second-order valence-electron chi connectivity index (χ2n) is 7.12. The van der Waals surface area contributed by atoms with Gasteiger partial charge in [-0.1, -0.05) is 53.5 Å². The van der Waals surface area contributed by atoms with Gasteiger partial charge in [-0.05, 0) is 37.2 Å². The van der Waals surface area contributed by atoms with Crippen molar-refractivity contribution >= 4 is 5.91 Å². The maximum absolute atomic E-state index is 12.5. The molecule has 2 fully saturated rings. The summed E-state index contributed by atoms with van der Waals surface area (Å²) in [6.07, 6.45) is 5.34. The minimum atomic E-state index is 0.0174. The lowest BCUT2D eigenvalue weighted by atomic mass is 9.53. The Bertz CT molecular complexity index is 712. The Morgan fingerprint density at radius 2 is 1.92 bits per heavy atom. The highest BCUT2D eigenvalue weighted by Crippen LogP contribution is 2.54. The molecule has 5 nitrogen and oxygen atoms in total. The van der Waals surface area contributed by atoms with E-state index in [1.54, 1.807) is 0 Å². The van der Waals surface area contributed by atoms with E-state index in [4.69, 9.17) is 0 Å². The van der Waals surface area contributed by atoms with Crippen LogP contribution < -0.4 is 5.32 Å². The van der Waals surface area contributed by atoms with Gasteiger partial charge in [-0.25, -0.2) is 4.63 Å². The van der Waals surface area contributed by atoms with E-state index in [9.17, 15) is 4.79 Å². The van der Waals surface area contributed by atoms with Crippen molar-refractivity contribution in [3.05, 3.63) is 47.3 Å². The third-order valence-corrected chi connectivity index (χ3v) is 5.77. The predicted molar refractivity (Wildman–Crippen MR) is 89.3 cm³/mol. The second-order valence-corrected chi connectivity index (χ2v) is 7.12. The lowest BCUT2D eigenvalue weighted by molar-refractivity contribution is -0.124. The van der Waals surface area contributed by atoms with Crippen molar-refractivity contribution in [3.63, 3.8) is 0 Å². The molecule has 0 bridgehead atoms. The molecule has 1 amide bonds. The van der Waals surface area contributed by atoms with Gasteiger partial charge in [0, 0.05) is 12.0 Å². The van der Waals surface area contributed by atoms with Crippen molar-refractivity contribution < 1.29 is 9.42 Å². The van der Waals surface area contributed by atoms with E-state index in [2.05, 4.69) is 50.6 Å². The lowest BCUT2D eigenvalue weighted by Crippen LogP contribution is -2.59. The van der Waals surface area contributed by atoms with Crippen molar-refractivity contribution in [3.8, 4) is 0 Å². The van der Waals surface area contributed by atoms with Crippen molar-refractivity contribution in [2.45, 2.75) is 51.0 Å². The number of fused-ring (bicyclic) bond motifs is 1. The number of rotatable bonds is 4. The summed E-state index contributed by atoms with van der Waals surface area (Å²) in [5.41, 5.74) is 2.67. The van der Waals surface area contributed by atoms with E-state index in [0.717, 1.165) is 0 Å². The zero-order valence-electron chi connectivity index (χ0n) is 13.9. The van der Waals surface area contributed by atoms with Crippen LogP contribution in [0.4, 0.5) is 0 Å². The molecule has 5 heteroatoms. The molecule has 1 heterocycles. The molecule has 1 aromatic heterocycles. The van der Waals surface area contributed by atoms with Crippen molar-refractivity contribution in [2.75, 3.05) is 0 Å². The molecule has 2 aromatic rings. The molecule has 4 atom stereocenters. The summed E-state index contributed by atoms with van der Waals surface area (Å²) in [5.74, 6) is 1.78. The predicted octanol–water partition coefficient (Wildman–Crippen LogP) is 3.01. The average Bonchev–Trinajstić information content (AvgIpc) is 2.99. The maximum Gasteiger partial charge on any atom is 0.226 e. The normalized spacial score (nSPS) is 28.7. The number of nitrogens with one attached hydrogen (secondary N) is 1. The van der Waals surface area contributed by atoms with Gasteiger partial charge in [0.2, 0.25) is 5.91 Å². The number of benzene rings is 1. The van der Waals surface area contributed by atoms with Crippen LogP contribution in [0.5, 0.6) is 0 Å². The molecule has 2 aliphatic carbocycles. The number of carbonyl (C=O) groups excluding carboxylic acids is 1. The van der Waals surface area contributed by atoms with E-state index < -0.39 is 0 Å². The fourth-order valence-electron chi connectivity index (χ4n) is 4.59. The SMILES string of the molecule is Cc1nonc1CC(=O)N[C@H]1[C@@H]2CCCC[C@H]2[C@@H]1c1ccccc1. The lowest BCUT2D eigenvalue weighted by Gasteiger charge is -2.55. The average molecular weight is 325 g/mol. The number of nitrogens with zero attached hydrogens (tertiary/aromatic N) is 2. The number of amides is 1. The Kier molecular flexibility index (Phi) is 4.08. The van der Waals surface area contributed by atoms with E-state index in [1.807, 2.05) is 6.92 Å². The van der Waals surface area contributed by atoms with Crippen molar-refractivity contribution in [1.29, 1.82) is 0 Å². The van der Waals surface area contributed by atoms with E-state index in [0.29, 0.717) is 29.1 Å². The Morgan fingerprint density at radius 1 is 1.17 bits per heavy atom. The maximum atomic E-state index is 12.5. The van der Waals surface area contributed by atoms with E-state index >= 15 is 0 Å². The Labute approximate surface area is 141 Å². The van der Waals surface area contributed by atoms with Gasteiger partial charge in [-0.3, -0.25) is 4.79 Å². The van der Waals surface area contributed by atoms with Crippen LogP contribution in [-0.4, -0.2) is 22.3 Å². The smallest absolute Gasteiger partial charge is 0.226 e. The molecule has 2 aliphatic rings. The summed E-state index contributed by atoms with van der Waals surface area (Å²) in [4.78, 5) is 12.5. The quantitative estimate of drug-likeness (QED) is 0.938. The number of hydrogen-bond acceptors (Lipinski definition) is 4. The van der Waals surface area contributed by atoms with Crippen LogP contribution in [0, 0.1) is 18.8 Å². The molecule has 0 aliphatic heterocycles. The summed E-state index contributed by atoms with van der Waals surface area (Å²) in [7, 11) is 0. The van der Waals surface area contributed by atoms with Gasteiger partial charge in [0.25, 0.3) is 0 Å². The van der Waals surface area contributed by atoms with Crippen molar-refractivity contribution in [1.82, 2.24) is 15.6 Å². The van der Waals surface area contributed by atoms with Gasteiger partial charge in [0.1, 0.15) is 11.4 Å². The van der Waals surface area contributed by atoms with Gasteiger partial charge < -0.3 is 5.32 Å². The van der Waals surface area contributed by atoms with Crippen LogP contribution in [0.2, 0.25) is 0 Å². The standard InChI is InChI=1S/C19H23N3O2/c1-12-16(22-24-21-12)11-17(23)20-19-15-10-6-5-9-14(15)18(19)13-7-3-2-4-8-13/h2-4,7-8,14-15,18-19H,5-6,9-11H2,1H3,(H,20,23)/t14-,15-,18+,19+/m1/s1. The summed E-state index contributed by atoms with van der Waals surface area (Å²) in [6, 6.07) is 10.9. The van der Waals surface area contributed by atoms with Crippen LogP contribution in [0.1, 0.15) is 48.6 Å². The topological polar surface area (TPSA) is 68.0 Å². The zero-order chi connectivity index (χ0) is 16.5. The Balaban J connectivity index is 1.49. The minimum absolute atomic E-state index is 0.0174. The highest BCUT2D eigenvalue weighted by atomic mass is 16.6. The fraction of sp³-hybridized carbons (Fsp3) is 0.526. The van der Waals surface area contributed by atoms with E-state index in [-0.39, 0.29) is 18.4 Å². The summed E-state index contributed by atoms with van der Waals surface area (Å²) in [6.45, 7) is 1.81. The Morgan fingerprint density at radius 3 is 2.62 bits per heavy atom. The molecule has 4 rings (SSSR count). The Hall–Kier alpha value is -2.17. The summed E-state index contributed by atoms with van der Waals surface area (Å²) >= 11 is 0. The first-order chi connectivity index (χ1) is 11.7. The van der Waals surface area contributed by atoms with Crippen LogP contribution in [0.15, 0.2) is 35.0 Å². The minimum Gasteiger partial charge on any atom is -0.352 e. The molecule has 1 N–H and O–H groups in total. The molecule has 126 valence electrons. The second kappa shape index (κ2) is 6.38. The van der Waals surface area contributed by atoms with Gasteiger partial charge >= 0.3 is 0 Å². The monoisotopic (exact) mass is 325 g/mol. The third kappa shape index (κ3) is 2.72. The first-order valence-corrected chi connectivity index (χ1v) is 8.86. The van der Waals surface area contributed by atoms with E-state index in [1.165, 1.54) is 31.2 Å².